The first-order valence-corrected chi connectivity index (χ1v) is 12.6. The Labute approximate surface area is 196 Å². The highest BCUT2D eigenvalue weighted by atomic mass is 32.1. The predicted octanol–water partition coefficient (Wildman–Crippen LogP) is 2.36. The van der Waals surface area contributed by atoms with Crippen LogP contribution in [0.15, 0.2) is 11.4 Å². The van der Waals surface area contributed by atoms with Crippen molar-refractivity contribution in [3.63, 3.8) is 0 Å². The van der Waals surface area contributed by atoms with Crippen molar-refractivity contribution in [3.05, 3.63) is 21.9 Å². The molecule has 1 aromatic heterocycles. The largest absolute Gasteiger partial charge is 0.355 e. The predicted molar refractivity (Wildman–Crippen MR) is 127 cm³/mol. The van der Waals surface area contributed by atoms with Crippen molar-refractivity contribution in [2.75, 3.05) is 46.8 Å². The van der Waals surface area contributed by atoms with E-state index in [0.717, 1.165) is 19.5 Å². The summed E-state index contributed by atoms with van der Waals surface area (Å²) in [5.74, 6) is 0.142. The van der Waals surface area contributed by atoms with Gasteiger partial charge in [0.1, 0.15) is 0 Å². The van der Waals surface area contributed by atoms with Crippen molar-refractivity contribution in [2.45, 2.75) is 52.5 Å². The molecule has 0 bridgehead atoms. The lowest BCUT2D eigenvalue weighted by molar-refractivity contribution is -0.139. The number of thiophene rings is 1. The van der Waals surface area contributed by atoms with Crippen LogP contribution in [0.3, 0.4) is 0 Å². The molecule has 3 rings (SSSR count). The molecule has 0 atom stereocenters. The summed E-state index contributed by atoms with van der Waals surface area (Å²) in [5.41, 5.74) is 1.26. The molecule has 1 saturated heterocycles. The van der Waals surface area contributed by atoms with Crippen LogP contribution < -0.4 is 5.32 Å². The lowest BCUT2D eigenvalue weighted by Crippen LogP contribution is -2.46. The van der Waals surface area contributed by atoms with Crippen LogP contribution in [0.1, 0.15) is 50.0 Å². The van der Waals surface area contributed by atoms with Crippen LogP contribution in [0.2, 0.25) is 0 Å². The van der Waals surface area contributed by atoms with Gasteiger partial charge in [-0.25, -0.2) is 0 Å². The Bertz CT molecular complexity index is 812. The van der Waals surface area contributed by atoms with Crippen LogP contribution in [0.4, 0.5) is 0 Å². The number of carbonyl (C=O) groups is 3. The molecule has 3 heterocycles. The van der Waals surface area contributed by atoms with Gasteiger partial charge in [0.05, 0.1) is 0 Å². The van der Waals surface area contributed by atoms with Gasteiger partial charge >= 0.3 is 0 Å². The van der Waals surface area contributed by atoms with E-state index >= 15 is 0 Å². The average molecular weight is 463 g/mol. The maximum atomic E-state index is 12.6. The van der Waals surface area contributed by atoms with Crippen molar-refractivity contribution in [2.24, 2.45) is 11.3 Å². The third-order valence-corrected chi connectivity index (χ3v) is 7.44. The number of hydrogen-bond donors (Lipinski definition) is 1. The van der Waals surface area contributed by atoms with Crippen LogP contribution in [-0.4, -0.2) is 79.2 Å². The average Bonchev–Trinajstić information content (AvgIpc) is 3.22. The van der Waals surface area contributed by atoms with Gasteiger partial charge in [0, 0.05) is 62.9 Å². The molecule has 178 valence electrons. The highest BCUT2D eigenvalue weighted by molar-refractivity contribution is 7.10. The van der Waals surface area contributed by atoms with Crippen LogP contribution in [-0.2, 0) is 27.3 Å². The number of amides is 3. The Morgan fingerprint density at radius 2 is 1.75 bits per heavy atom. The van der Waals surface area contributed by atoms with Crippen molar-refractivity contribution in [1.29, 1.82) is 0 Å². The third-order valence-electron chi connectivity index (χ3n) is 6.42. The molecule has 1 fully saturated rings. The molecular formula is C24H38N4O3S. The van der Waals surface area contributed by atoms with E-state index in [1.807, 2.05) is 23.9 Å². The minimum atomic E-state index is -0.0380. The molecule has 0 aliphatic carbocycles. The molecule has 8 heteroatoms. The summed E-state index contributed by atoms with van der Waals surface area (Å²) in [6.07, 6.45) is 2.80. The molecule has 7 nitrogen and oxygen atoms in total. The SMILES string of the molecule is CN(C)CC(C)(C)CNC(=O)C1CCN(C(=O)CCC(=O)N2CCc3sccc3C2)CC1. The summed E-state index contributed by atoms with van der Waals surface area (Å²) >= 11 is 1.76. The molecule has 2 aliphatic heterocycles. The topological polar surface area (TPSA) is 73.0 Å². The normalized spacial score (nSPS) is 17.4. The fourth-order valence-corrected chi connectivity index (χ4v) is 5.65. The van der Waals surface area contributed by atoms with Gasteiger partial charge < -0.3 is 20.0 Å². The standard InChI is InChI=1S/C24H38N4O3S/c1-24(2,17-26(3)4)16-25-23(31)18-7-11-27(12-8-18)21(29)5-6-22(30)28-13-9-20-19(15-28)10-14-32-20/h10,14,18H,5-9,11-13,15-17H2,1-4H3,(H,25,31). The van der Waals surface area contributed by atoms with Crippen LogP contribution in [0.5, 0.6) is 0 Å². The fourth-order valence-electron chi connectivity index (χ4n) is 4.77. The van der Waals surface area contributed by atoms with Gasteiger partial charge in [-0.15, -0.1) is 11.3 Å². The van der Waals surface area contributed by atoms with Gasteiger partial charge in [-0.05, 0) is 55.8 Å². The first-order valence-electron chi connectivity index (χ1n) is 11.7. The van der Waals surface area contributed by atoms with Gasteiger partial charge in [0.15, 0.2) is 0 Å². The second kappa shape index (κ2) is 10.8. The van der Waals surface area contributed by atoms with E-state index < -0.39 is 0 Å². The van der Waals surface area contributed by atoms with E-state index in [2.05, 4.69) is 35.5 Å². The Hall–Kier alpha value is -1.93. The highest BCUT2D eigenvalue weighted by Gasteiger charge is 2.29. The monoisotopic (exact) mass is 462 g/mol. The lowest BCUT2D eigenvalue weighted by atomic mass is 9.91. The molecule has 32 heavy (non-hydrogen) atoms. The van der Waals surface area contributed by atoms with Crippen molar-refractivity contribution >= 4 is 29.1 Å². The molecular weight excluding hydrogens is 424 g/mol. The summed E-state index contributed by atoms with van der Waals surface area (Å²) in [6.45, 7) is 8.45. The highest BCUT2D eigenvalue weighted by Crippen LogP contribution is 2.25. The molecule has 3 amide bonds. The number of piperidine rings is 1. The number of nitrogens with zero attached hydrogens (tertiary/aromatic N) is 3. The number of rotatable bonds is 8. The summed E-state index contributed by atoms with van der Waals surface area (Å²) < 4.78 is 0. The Kier molecular flexibility index (Phi) is 8.33. The second-order valence-electron chi connectivity index (χ2n) is 10.2. The van der Waals surface area contributed by atoms with Crippen LogP contribution in [0.25, 0.3) is 0 Å². The molecule has 1 N–H and O–H groups in total. The van der Waals surface area contributed by atoms with E-state index in [0.29, 0.717) is 39.0 Å². The number of hydrogen-bond acceptors (Lipinski definition) is 5. The van der Waals surface area contributed by atoms with Gasteiger partial charge in [0.25, 0.3) is 0 Å². The number of nitrogens with one attached hydrogen (secondary N) is 1. The lowest BCUT2D eigenvalue weighted by Gasteiger charge is -2.33. The maximum Gasteiger partial charge on any atom is 0.223 e. The maximum absolute atomic E-state index is 12.6. The molecule has 1 aromatic rings. The zero-order chi connectivity index (χ0) is 23.3. The quantitative estimate of drug-likeness (QED) is 0.644. The van der Waals surface area contributed by atoms with Crippen molar-refractivity contribution < 1.29 is 14.4 Å². The van der Waals surface area contributed by atoms with Crippen molar-refractivity contribution in [1.82, 2.24) is 20.0 Å². The van der Waals surface area contributed by atoms with E-state index in [-0.39, 0.29) is 41.9 Å². The number of fused-ring (bicyclic) bond motifs is 1. The first-order chi connectivity index (χ1) is 15.1. The summed E-state index contributed by atoms with van der Waals surface area (Å²) in [7, 11) is 4.08. The van der Waals surface area contributed by atoms with E-state index in [1.165, 1.54) is 10.4 Å². The molecule has 0 aromatic carbocycles. The zero-order valence-electron chi connectivity index (χ0n) is 20.0. The van der Waals surface area contributed by atoms with Gasteiger partial charge in [0.2, 0.25) is 17.7 Å². The van der Waals surface area contributed by atoms with E-state index in [4.69, 9.17) is 0 Å². The van der Waals surface area contributed by atoms with Gasteiger partial charge in [-0.3, -0.25) is 14.4 Å². The molecule has 2 aliphatic rings. The fraction of sp³-hybridized carbons (Fsp3) is 0.708. The molecule has 0 spiro atoms. The molecule has 0 radical (unpaired) electrons. The summed E-state index contributed by atoms with van der Waals surface area (Å²) in [4.78, 5) is 45.0. The zero-order valence-corrected chi connectivity index (χ0v) is 20.8. The van der Waals surface area contributed by atoms with Crippen LogP contribution >= 0.6 is 11.3 Å². The molecule has 0 unspecified atom stereocenters. The third kappa shape index (κ3) is 6.78. The Balaban J connectivity index is 1.36. The minimum Gasteiger partial charge on any atom is -0.355 e. The molecule has 0 saturated carbocycles. The summed E-state index contributed by atoms with van der Waals surface area (Å²) in [6, 6.07) is 2.09. The van der Waals surface area contributed by atoms with Crippen LogP contribution in [0, 0.1) is 11.3 Å². The van der Waals surface area contributed by atoms with E-state index in [9.17, 15) is 14.4 Å². The Morgan fingerprint density at radius 3 is 2.41 bits per heavy atom. The van der Waals surface area contributed by atoms with Crippen molar-refractivity contribution in [3.8, 4) is 0 Å². The number of carbonyl (C=O) groups excluding carboxylic acids is 3. The smallest absolute Gasteiger partial charge is 0.223 e. The summed E-state index contributed by atoms with van der Waals surface area (Å²) in [5, 5.41) is 5.19. The second-order valence-corrected chi connectivity index (χ2v) is 11.2. The Morgan fingerprint density at radius 1 is 1.09 bits per heavy atom. The van der Waals surface area contributed by atoms with Gasteiger partial charge in [-0.2, -0.15) is 0 Å². The first kappa shape index (κ1) is 24.7. The van der Waals surface area contributed by atoms with Gasteiger partial charge in [-0.1, -0.05) is 13.8 Å². The number of likely N-dealkylation sites (tertiary alicyclic amines) is 1. The van der Waals surface area contributed by atoms with E-state index in [1.54, 1.807) is 11.3 Å². The minimum absolute atomic E-state index is 0.0156.